The first kappa shape index (κ1) is 26.2. The highest BCUT2D eigenvalue weighted by Gasteiger charge is 2.26. The molecule has 1 saturated heterocycles. The number of halogens is 1. The summed E-state index contributed by atoms with van der Waals surface area (Å²) < 4.78 is 19.9. The lowest BCUT2D eigenvalue weighted by molar-refractivity contribution is -0.117. The summed E-state index contributed by atoms with van der Waals surface area (Å²) in [6.07, 6.45) is 0.0570. The molecule has 0 spiro atoms. The van der Waals surface area contributed by atoms with Crippen LogP contribution in [-0.4, -0.2) is 54.6 Å². The largest absolute Gasteiger partial charge is 0.444 e. The Balaban J connectivity index is 0.00000110. The van der Waals surface area contributed by atoms with E-state index >= 15 is 0 Å². The molecule has 8 nitrogen and oxygen atoms in total. The molecule has 0 radical (unpaired) electrons. The molecule has 1 fully saturated rings. The van der Waals surface area contributed by atoms with Crippen LogP contribution < -0.4 is 16.0 Å². The van der Waals surface area contributed by atoms with Gasteiger partial charge >= 0.3 is 6.09 Å². The van der Waals surface area contributed by atoms with Crippen molar-refractivity contribution in [3.8, 4) is 0 Å². The number of hydrogen-bond acceptors (Lipinski definition) is 5. The van der Waals surface area contributed by atoms with E-state index in [1.54, 1.807) is 17.0 Å². The number of nitrogens with zero attached hydrogens (tertiary/aromatic N) is 2. The molecule has 0 saturated carbocycles. The van der Waals surface area contributed by atoms with Crippen molar-refractivity contribution in [3.63, 3.8) is 0 Å². The van der Waals surface area contributed by atoms with Crippen LogP contribution in [0, 0.1) is 11.7 Å². The molecule has 9 heteroatoms. The Morgan fingerprint density at radius 2 is 1.71 bits per heavy atom. The quantitative estimate of drug-likeness (QED) is 0.750. The Bertz CT molecular complexity index is 765. The minimum atomic E-state index is -0.532. The predicted octanol–water partition coefficient (Wildman–Crippen LogP) is 3.36. The van der Waals surface area contributed by atoms with Gasteiger partial charge in [-0.3, -0.25) is 9.59 Å². The van der Waals surface area contributed by atoms with Crippen molar-refractivity contribution in [1.29, 1.82) is 0 Å². The van der Waals surface area contributed by atoms with Crippen molar-refractivity contribution >= 4 is 29.3 Å². The van der Waals surface area contributed by atoms with Gasteiger partial charge in [0.25, 0.3) is 0 Å². The summed E-state index contributed by atoms with van der Waals surface area (Å²) in [5.74, 6) is -0.596. The summed E-state index contributed by atoms with van der Waals surface area (Å²) in [4.78, 5) is 36.7. The van der Waals surface area contributed by atoms with Gasteiger partial charge in [-0.05, 0) is 44.9 Å². The first-order valence-electron chi connectivity index (χ1n) is 10.4. The minimum absolute atomic E-state index is 0.122. The third-order valence-corrected chi connectivity index (χ3v) is 4.10. The molecule has 31 heavy (non-hydrogen) atoms. The van der Waals surface area contributed by atoms with Crippen LogP contribution in [0.4, 0.5) is 20.6 Å². The Hall–Kier alpha value is -2.84. The van der Waals surface area contributed by atoms with Crippen molar-refractivity contribution in [2.24, 2.45) is 11.7 Å². The molecule has 1 heterocycles. The number of piperazine rings is 1. The fourth-order valence-electron chi connectivity index (χ4n) is 2.88. The Morgan fingerprint density at radius 1 is 1.16 bits per heavy atom. The number of anilines is 2. The summed E-state index contributed by atoms with van der Waals surface area (Å²) >= 11 is 0. The summed E-state index contributed by atoms with van der Waals surface area (Å²) in [5, 5.41) is 2.72. The zero-order valence-corrected chi connectivity index (χ0v) is 19.3. The second kappa shape index (κ2) is 11.5. The van der Waals surface area contributed by atoms with Gasteiger partial charge in [0, 0.05) is 45.2 Å². The average molecular weight is 439 g/mol. The maximum Gasteiger partial charge on any atom is 0.410 e. The molecule has 3 amide bonds. The third kappa shape index (κ3) is 10.1. The van der Waals surface area contributed by atoms with Crippen molar-refractivity contribution < 1.29 is 23.5 Å². The second-order valence-electron chi connectivity index (χ2n) is 8.88. The van der Waals surface area contributed by atoms with Crippen LogP contribution in [0.3, 0.4) is 0 Å². The van der Waals surface area contributed by atoms with Crippen LogP contribution in [0.25, 0.3) is 0 Å². The van der Waals surface area contributed by atoms with E-state index in [4.69, 9.17) is 4.74 Å². The van der Waals surface area contributed by atoms with E-state index in [1.165, 1.54) is 13.0 Å². The van der Waals surface area contributed by atoms with Gasteiger partial charge in [0.05, 0.1) is 5.69 Å². The highest BCUT2D eigenvalue weighted by Crippen LogP contribution is 2.25. The highest BCUT2D eigenvalue weighted by atomic mass is 19.1. The SMILES string of the molecule is CC(C)CC(=O)Nc1ccc(N2CCN(C(=O)OC(C)(C)C)CC2)c(F)c1.CC(N)=O. The van der Waals surface area contributed by atoms with E-state index in [0.717, 1.165) is 0 Å². The molecule has 0 bridgehead atoms. The first-order valence-corrected chi connectivity index (χ1v) is 10.4. The maximum atomic E-state index is 14.5. The Kier molecular flexibility index (Phi) is 9.74. The average Bonchev–Trinajstić information content (AvgIpc) is 2.59. The van der Waals surface area contributed by atoms with Crippen molar-refractivity contribution in [3.05, 3.63) is 24.0 Å². The van der Waals surface area contributed by atoms with Crippen LogP contribution in [0.15, 0.2) is 18.2 Å². The summed E-state index contributed by atoms with van der Waals surface area (Å²) in [6, 6.07) is 4.72. The molecule has 0 aliphatic carbocycles. The maximum absolute atomic E-state index is 14.5. The van der Waals surface area contributed by atoms with Gasteiger partial charge in [-0.2, -0.15) is 0 Å². The Labute approximate surface area is 183 Å². The van der Waals surface area contributed by atoms with E-state index < -0.39 is 5.60 Å². The molecule has 1 aromatic carbocycles. The van der Waals surface area contributed by atoms with Crippen molar-refractivity contribution in [1.82, 2.24) is 4.90 Å². The molecule has 1 aromatic rings. The highest BCUT2D eigenvalue weighted by molar-refractivity contribution is 5.91. The molecule has 1 aliphatic heterocycles. The molecule has 0 atom stereocenters. The molecule has 2 rings (SSSR count). The van der Waals surface area contributed by atoms with Gasteiger partial charge in [-0.25, -0.2) is 9.18 Å². The fraction of sp³-hybridized carbons (Fsp3) is 0.591. The van der Waals surface area contributed by atoms with Gasteiger partial charge in [0.1, 0.15) is 11.4 Å². The monoisotopic (exact) mass is 438 g/mol. The number of amides is 3. The minimum Gasteiger partial charge on any atom is -0.444 e. The molecule has 174 valence electrons. The normalized spacial score (nSPS) is 13.9. The third-order valence-electron chi connectivity index (χ3n) is 4.10. The molecule has 1 aliphatic rings. The number of rotatable bonds is 4. The zero-order valence-electron chi connectivity index (χ0n) is 19.3. The zero-order chi connectivity index (χ0) is 23.8. The second-order valence-corrected chi connectivity index (χ2v) is 8.88. The number of benzene rings is 1. The van der Waals surface area contributed by atoms with Gasteiger partial charge in [-0.15, -0.1) is 0 Å². The lowest BCUT2D eigenvalue weighted by Gasteiger charge is -2.36. The van der Waals surface area contributed by atoms with Crippen LogP contribution in [0.5, 0.6) is 0 Å². The smallest absolute Gasteiger partial charge is 0.410 e. The molecular weight excluding hydrogens is 403 g/mol. The first-order chi connectivity index (χ1) is 14.3. The molecule has 0 aromatic heterocycles. The lowest BCUT2D eigenvalue weighted by Crippen LogP contribution is -2.50. The van der Waals surface area contributed by atoms with E-state index in [-0.39, 0.29) is 29.6 Å². The topological polar surface area (TPSA) is 105 Å². The fourth-order valence-corrected chi connectivity index (χ4v) is 2.88. The van der Waals surface area contributed by atoms with Crippen LogP contribution >= 0.6 is 0 Å². The molecule has 3 N–H and O–H groups in total. The van der Waals surface area contributed by atoms with Crippen LogP contribution in [-0.2, 0) is 14.3 Å². The van der Waals surface area contributed by atoms with Gasteiger partial charge in [-0.1, -0.05) is 13.8 Å². The van der Waals surface area contributed by atoms with Crippen LogP contribution in [0.2, 0.25) is 0 Å². The van der Waals surface area contributed by atoms with Crippen molar-refractivity contribution in [2.45, 2.75) is 53.6 Å². The molecular formula is C22H35FN4O4. The van der Waals surface area contributed by atoms with Crippen LogP contribution in [0.1, 0.15) is 48.0 Å². The summed E-state index contributed by atoms with van der Waals surface area (Å²) in [7, 11) is 0. The number of nitrogens with one attached hydrogen (secondary N) is 1. The number of primary amides is 1. The number of nitrogens with two attached hydrogens (primary N) is 1. The van der Waals surface area contributed by atoms with E-state index in [0.29, 0.717) is 44.0 Å². The van der Waals surface area contributed by atoms with Gasteiger partial charge in [0.15, 0.2) is 0 Å². The lowest BCUT2D eigenvalue weighted by atomic mass is 10.1. The predicted molar refractivity (Wildman–Crippen MR) is 119 cm³/mol. The molecule has 0 unspecified atom stereocenters. The van der Waals surface area contributed by atoms with Gasteiger partial charge in [0.2, 0.25) is 11.8 Å². The number of ether oxygens (including phenoxy) is 1. The summed E-state index contributed by atoms with van der Waals surface area (Å²) in [5.41, 5.74) is 4.87. The Morgan fingerprint density at radius 3 is 2.16 bits per heavy atom. The van der Waals surface area contributed by atoms with Gasteiger partial charge < -0.3 is 25.6 Å². The number of carbonyl (C=O) groups is 3. The van der Waals surface area contributed by atoms with E-state index in [2.05, 4.69) is 11.1 Å². The van der Waals surface area contributed by atoms with E-state index in [9.17, 15) is 18.8 Å². The number of hydrogen-bond donors (Lipinski definition) is 2. The van der Waals surface area contributed by atoms with E-state index in [1.807, 2.05) is 39.5 Å². The number of carbonyl (C=O) groups excluding carboxylic acids is 3. The summed E-state index contributed by atoms with van der Waals surface area (Å²) in [6.45, 7) is 12.7. The van der Waals surface area contributed by atoms with Crippen molar-refractivity contribution in [2.75, 3.05) is 36.4 Å². The standard InChI is InChI=1S/C20H30FN3O3.C2H5NO/c1-14(2)12-18(25)22-15-6-7-17(16(21)13-15)23-8-10-24(11-9-23)19(26)27-20(3,4)5;1-2(3)4/h6-7,13-14H,8-12H2,1-5H3,(H,22,25);1H3,(H2,3,4).